The minimum Gasteiger partial charge on any atom is -0.235 e. The van der Waals surface area contributed by atoms with E-state index in [1.807, 2.05) is 35.0 Å². The van der Waals surface area contributed by atoms with E-state index in [0.29, 0.717) is 0 Å². The molecule has 4 rings (SSSR count). The third kappa shape index (κ3) is 1.78. The highest BCUT2D eigenvalue weighted by molar-refractivity contribution is 7.13. The number of hydrogen-bond acceptors (Lipinski definition) is 4. The molecule has 0 radical (unpaired) electrons. The van der Waals surface area contributed by atoms with Crippen molar-refractivity contribution in [1.29, 1.82) is 0 Å². The molecule has 0 bridgehead atoms. The van der Waals surface area contributed by atoms with E-state index in [9.17, 15) is 0 Å². The molecule has 0 aromatic carbocycles. The lowest BCUT2D eigenvalue weighted by Gasteiger charge is -2.01. The van der Waals surface area contributed by atoms with Gasteiger partial charge < -0.3 is 0 Å². The van der Waals surface area contributed by atoms with Crippen LogP contribution in [0.25, 0.3) is 26.8 Å². The van der Waals surface area contributed by atoms with E-state index >= 15 is 0 Å². The first-order valence-electron chi connectivity index (χ1n) is 5.84. The van der Waals surface area contributed by atoms with E-state index in [2.05, 4.69) is 27.9 Å². The van der Waals surface area contributed by atoms with Crippen molar-refractivity contribution in [1.82, 2.24) is 14.6 Å². The SMILES string of the molecule is c1csc(-c2ccc3ncc(-c4cccs4)n3n2)c1. The Bertz CT molecular complexity index is 814. The van der Waals surface area contributed by atoms with Gasteiger partial charge in [0.25, 0.3) is 0 Å². The van der Waals surface area contributed by atoms with Crippen LogP contribution >= 0.6 is 22.7 Å². The van der Waals surface area contributed by atoms with Crippen LogP contribution in [-0.4, -0.2) is 14.6 Å². The summed E-state index contributed by atoms with van der Waals surface area (Å²) in [5, 5.41) is 8.84. The molecule has 5 heteroatoms. The molecule has 3 nitrogen and oxygen atoms in total. The highest BCUT2D eigenvalue weighted by Gasteiger charge is 2.09. The zero-order valence-corrected chi connectivity index (χ0v) is 11.5. The van der Waals surface area contributed by atoms with E-state index < -0.39 is 0 Å². The van der Waals surface area contributed by atoms with Gasteiger partial charge in [0.1, 0.15) is 11.4 Å². The van der Waals surface area contributed by atoms with Crippen LogP contribution in [0.4, 0.5) is 0 Å². The molecule has 19 heavy (non-hydrogen) atoms. The fraction of sp³-hybridized carbons (Fsp3) is 0. The molecule has 0 unspecified atom stereocenters. The van der Waals surface area contributed by atoms with Gasteiger partial charge in [-0.15, -0.1) is 22.7 Å². The largest absolute Gasteiger partial charge is 0.235 e. The van der Waals surface area contributed by atoms with Crippen LogP contribution in [0.3, 0.4) is 0 Å². The molecule has 0 saturated carbocycles. The van der Waals surface area contributed by atoms with Gasteiger partial charge in [0.15, 0.2) is 5.65 Å². The monoisotopic (exact) mass is 283 g/mol. The maximum atomic E-state index is 4.70. The molecule has 92 valence electrons. The molecule has 0 amide bonds. The van der Waals surface area contributed by atoms with Crippen molar-refractivity contribution in [2.45, 2.75) is 0 Å². The third-order valence-corrected chi connectivity index (χ3v) is 4.69. The third-order valence-electron chi connectivity index (χ3n) is 2.91. The van der Waals surface area contributed by atoms with E-state index in [1.54, 1.807) is 22.7 Å². The first-order valence-corrected chi connectivity index (χ1v) is 7.60. The number of aromatic nitrogens is 3. The van der Waals surface area contributed by atoms with Crippen molar-refractivity contribution in [3.8, 4) is 21.1 Å². The molecule has 0 N–H and O–H groups in total. The summed E-state index contributed by atoms with van der Waals surface area (Å²) in [5.74, 6) is 0. The number of imidazole rings is 1. The lowest BCUT2D eigenvalue weighted by atomic mass is 10.3. The lowest BCUT2D eigenvalue weighted by molar-refractivity contribution is 0.953. The quantitative estimate of drug-likeness (QED) is 0.552. The van der Waals surface area contributed by atoms with Gasteiger partial charge in [-0.2, -0.15) is 5.10 Å². The fourth-order valence-corrected chi connectivity index (χ4v) is 3.43. The molecule has 4 aromatic heterocycles. The second-order valence-corrected chi connectivity index (χ2v) is 5.98. The van der Waals surface area contributed by atoms with Crippen molar-refractivity contribution in [3.63, 3.8) is 0 Å². The minimum atomic E-state index is 0.878. The van der Waals surface area contributed by atoms with Crippen LogP contribution in [0, 0.1) is 0 Å². The van der Waals surface area contributed by atoms with Gasteiger partial charge >= 0.3 is 0 Å². The molecule has 0 atom stereocenters. The Balaban J connectivity index is 1.95. The molecule has 0 spiro atoms. The molecule has 0 fully saturated rings. The zero-order valence-electron chi connectivity index (χ0n) is 9.85. The predicted octanol–water partition coefficient (Wildman–Crippen LogP) is 4.19. The zero-order chi connectivity index (χ0) is 12.7. The Morgan fingerprint density at radius 3 is 2.42 bits per heavy atom. The summed E-state index contributed by atoms with van der Waals surface area (Å²) in [6.07, 6.45) is 1.88. The summed E-state index contributed by atoms with van der Waals surface area (Å²) < 4.78 is 1.92. The van der Waals surface area contributed by atoms with Gasteiger partial charge in [-0.25, -0.2) is 9.50 Å². The predicted molar refractivity (Wildman–Crippen MR) is 79.6 cm³/mol. The van der Waals surface area contributed by atoms with Gasteiger partial charge in [-0.1, -0.05) is 12.1 Å². The van der Waals surface area contributed by atoms with Gasteiger partial charge in [0.2, 0.25) is 0 Å². The first-order chi connectivity index (χ1) is 9.42. The molecule has 0 saturated heterocycles. The van der Waals surface area contributed by atoms with E-state index in [1.165, 1.54) is 9.75 Å². The Hall–Kier alpha value is -1.98. The second kappa shape index (κ2) is 4.29. The minimum absolute atomic E-state index is 0.878. The summed E-state index contributed by atoms with van der Waals surface area (Å²) in [5.41, 5.74) is 2.91. The summed E-state index contributed by atoms with van der Waals surface area (Å²) in [6.45, 7) is 0. The van der Waals surface area contributed by atoms with Gasteiger partial charge in [-0.3, -0.25) is 0 Å². The van der Waals surface area contributed by atoms with Crippen LogP contribution in [0.5, 0.6) is 0 Å². The summed E-state index contributed by atoms with van der Waals surface area (Å²) in [4.78, 5) is 6.77. The average molecular weight is 283 g/mol. The second-order valence-electron chi connectivity index (χ2n) is 4.09. The fourth-order valence-electron chi connectivity index (χ4n) is 2.02. The van der Waals surface area contributed by atoms with Gasteiger partial charge in [0, 0.05) is 0 Å². The highest BCUT2D eigenvalue weighted by atomic mass is 32.1. The van der Waals surface area contributed by atoms with Gasteiger partial charge in [-0.05, 0) is 35.0 Å². The molecule has 0 aliphatic rings. The van der Waals surface area contributed by atoms with E-state index in [-0.39, 0.29) is 0 Å². The number of thiophene rings is 2. The number of fused-ring (bicyclic) bond motifs is 1. The van der Waals surface area contributed by atoms with Crippen LogP contribution < -0.4 is 0 Å². The van der Waals surface area contributed by atoms with Crippen LogP contribution in [0.1, 0.15) is 0 Å². The maximum Gasteiger partial charge on any atom is 0.154 e. The topological polar surface area (TPSA) is 30.2 Å². The normalized spacial score (nSPS) is 11.2. The molecule has 0 aliphatic heterocycles. The van der Waals surface area contributed by atoms with Gasteiger partial charge in [0.05, 0.1) is 16.0 Å². The van der Waals surface area contributed by atoms with Crippen molar-refractivity contribution in [2.24, 2.45) is 0 Å². The number of nitrogens with zero attached hydrogens (tertiary/aromatic N) is 3. The van der Waals surface area contributed by atoms with Crippen LogP contribution in [0.2, 0.25) is 0 Å². The Kier molecular flexibility index (Phi) is 2.46. The molecule has 4 heterocycles. The number of rotatable bonds is 2. The Morgan fingerprint density at radius 2 is 1.68 bits per heavy atom. The van der Waals surface area contributed by atoms with Crippen LogP contribution in [0.15, 0.2) is 53.4 Å². The average Bonchev–Trinajstić information content (AvgIpc) is 3.18. The van der Waals surface area contributed by atoms with E-state index in [4.69, 9.17) is 5.10 Å². The summed E-state index contributed by atoms with van der Waals surface area (Å²) >= 11 is 3.40. The molecular formula is C14H9N3S2. The smallest absolute Gasteiger partial charge is 0.154 e. The van der Waals surface area contributed by atoms with Crippen molar-refractivity contribution in [2.75, 3.05) is 0 Å². The Labute approximate surface area is 117 Å². The van der Waals surface area contributed by atoms with Crippen molar-refractivity contribution >= 4 is 28.3 Å². The summed E-state index contributed by atoms with van der Waals surface area (Å²) in [7, 11) is 0. The highest BCUT2D eigenvalue weighted by Crippen LogP contribution is 2.27. The van der Waals surface area contributed by atoms with Crippen LogP contribution in [-0.2, 0) is 0 Å². The number of hydrogen-bond donors (Lipinski definition) is 0. The van der Waals surface area contributed by atoms with E-state index in [0.717, 1.165) is 17.0 Å². The Morgan fingerprint density at radius 1 is 0.895 bits per heavy atom. The molecular weight excluding hydrogens is 274 g/mol. The van der Waals surface area contributed by atoms with Crippen molar-refractivity contribution in [3.05, 3.63) is 53.4 Å². The molecule has 0 aliphatic carbocycles. The standard InChI is InChI=1S/C14H9N3S2/c1-3-12(18-7-1)10-5-6-14-15-9-11(17(14)16-10)13-4-2-8-19-13/h1-9H. The summed E-state index contributed by atoms with van der Waals surface area (Å²) in [6, 6.07) is 12.3. The lowest BCUT2D eigenvalue weighted by Crippen LogP contribution is -1.94. The molecule has 4 aromatic rings. The van der Waals surface area contributed by atoms with Crippen molar-refractivity contribution < 1.29 is 0 Å². The first kappa shape index (κ1) is 10.9. The maximum absolute atomic E-state index is 4.70.